The number of hydrogen-bond acceptors (Lipinski definition) is 6. The third-order valence-corrected chi connectivity index (χ3v) is 1.63. The van der Waals surface area contributed by atoms with E-state index in [4.69, 9.17) is 25.5 Å². The van der Waals surface area contributed by atoms with Gasteiger partial charge < -0.3 is 30.3 Å². The highest BCUT2D eigenvalue weighted by Gasteiger charge is 2.53. The van der Waals surface area contributed by atoms with Crippen LogP contribution in [0.4, 0.5) is 0 Å². The van der Waals surface area contributed by atoms with Crippen molar-refractivity contribution in [2.75, 3.05) is 6.61 Å². The molecular weight excluding hydrogens is 156 g/mol. The van der Waals surface area contributed by atoms with E-state index in [9.17, 15) is 0 Å². The number of aliphatic hydroxyl groups excluding tert-OH is 3. The van der Waals surface area contributed by atoms with E-state index in [1.807, 2.05) is 0 Å². The highest BCUT2D eigenvalue weighted by Crippen LogP contribution is 2.26. The van der Waals surface area contributed by atoms with Gasteiger partial charge in [0.15, 0.2) is 0 Å². The molecule has 6 heteroatoms. The second-order valence-corrected chi connectivity index (χ2v) is 2.44. The summed E-state index contributed by atoms with van der Waals surface area (Å²) in [4.78, 5) is 0. The average Bonchev–Trinajstić information content (AvgIpc) is 2.14. The number of hydrogen-bond donors (Lipinski definition) is 5. The molecule has 1 saturated heterocycles. The molecule has 1 unspecified atom stereocenters. The lowest BCUT2D eigenvalue weighted by atomic mass is 10.1. The Morgan fingerprint density at radius 3 is 2.00 bits per heavy atom. The van der Waals surface area contributed by atoms with Crippen LogP contribution in [-0.2, 0) is 4.74 Å². The Hall–Kier alpha value is -0.240. The molecule has 11 heavy (non-hydrogen) atoms. The first-order valence-electron chi connectivity index (χ1n) is 3.07. The molecule has 0 aromatic rings. The molecule has 0 aromatic carbocycles. The Bertz CT molecular complexity index is 146. The lowest BCUT2D eigenvalue weighted by molar-refractivity contribution is -0.281. The minimum atomic E-state index is -2.69. The smallest absolute Gasteiger partial charge is 0.245 e. The molecule has 1 aliphatic heterocycles. The summed E-state index contributed by atoms with van der Waals surface area (Å²) >= 11 is 0. The molecular formula is C5H10O6. The molecule has 1 aliphatic rings. The normalized spacial score (nSPS) is 42.8. The van der Waals surface area contributed by atoms with Crippen molar-refractivity contribution in [1.29, 1.82) is 0 Å². The summed E-state index contributed by atoms with van der Waals surface area (Å²) in [5.74, 6) is -2.69. The highest BCUT2D eigenvalue weighted by atomic mass is 16.7. The molecule has 1 heterocycles. The average molecular weight is 166 g/mol. The lowest BCUT2D eigenvalue weighted by Gasteiger charge is -2.20. The third-order valence-electron chi connectivity index (χ3n) is 1.63. The van der Waals surface area contributed by atoms with Gasteiger partial charge in [-0.2, -0.15) is 0 Å². The van der Waals surface area contributed by atoms with Crippen LogP contribution in [0.1, 0.15) is 0 Å². The van der Waals surface area contributed by atoms with E-state index in [0.717, 1.165) is 0 Å². The molecule has 0 aromatic heterocycles. The van der Waals surface area contributed by atoms with Crippen molar-refractivity contribution >= 4 is 0 Å². The Labute approximate surface area is 62.3 Å². The fourth-order valence-electron chi connectivity index (χ4n) is 0.903. The van der Waals surface area contributed by atoms with Crippen molar-refractivity contribution in [3.8, 4) is 0 Å². The lowest BCUT2D eigenvalue weighted by Crippen LogP contribution is -2.48. The van der Waals surface area contributed by atoms with Gasteiger partial charge in [-0.1, -0.05) is 0 Å². The molecule has 5 N–H and O–H groups in total. The Balaban J connectivity index is 2.71. The molecule has 0 amide bonds. The van der Waals surface area contributed by atoms with Crippen molar-refractivity contribution in [3.05, 3.63) is 0 Å². The first-order valence-corrected chi connectivity index (χ1v) is 3.07. The number of ether oxygens (including phenoxy) is 1. The molecule has 0 radical (unpaired) electrons. The maximum Gasteiger partial charge on any atom is 0.245 e. The largest absolute Gasteiger partial charge is 0.394 e. The highest BCUT2D eigenvalue weighted by molar-refractivity contribution is 4.91. The second kappa shape index (κ2) is 2.67. The van der Waals surface area contributed by atoms with Gasteiger partial charge in [0.2, 0.25) is 12.1 Å². The standard InChI is InChI=1S/C5H10O6/c6-1-2-3(7)5(9,10)4(8)11-2/h2-4,6-10H,1H2/t2-,3-,4?/m1/s1. The molecule has 0 saturated carbocycles. The maximum atomic E-state index is 8.94. The fraction of sp³-hybridized carbons (Fsp3) is 1.00. The van der Waals surface area contributed by atoms with Crippen LogP contribution in [0, 0.1) is 0 Å². The van der Waals surface area contributed by atoms with Gasteiger partial charge in [0, 0.05) is 0 Å². The van der Waals surface area contributed by atoms with Crippen LogP contribution in [-0.4, -0.2) is 56.4 Å². The van der Waals surface area contributed by atoms with E-state index in [1.54, 1.807) is 0 Å². The molecule has 3 atom stereocenters. The first-order chi connectivity index (χ1) is 5.00. The quantitative estimate of drug-likeness (QED) is 0.261. The van der Waals surface area contributed by atoms with Crippen LogP contribution < -0.4 is 0 Å². The van der Waals surface area contributed by atoms with Gasteiger partial charge in [-0.15, -0.1) is 0 Å². The first kappa shape index (κ1) is 8.85. The zero-order valence-electron chi connectivity index (χ0n) is 5.58. The summed E-state index contributed by atoms with van der Waals surface area (Å²) in [5.41, 5.74) is 0. The zero-order chi connectivity index (χ0) is 8.65. The van der Waals surface area contributed by atoms with E-state index in [1.165, 1.54) is 0 Å². The summed E-state index contributed by atoms with van der Waals surface area (Å²) < 4.78 is 4.39. The van der Waals surface area contributed by atoms with Crippen molar-refractivity contribution in [2.45, 2.75) is 24.3 Å². The summed E-state index contributed by atoms with van der Waals surface area (Å²) in [6.45, 7) is -0.582. The SMILES string of the molecule is OC[C@H]1OC(O)C(O)(O)[C@@H]1O. The van der Waals surface area contributed by atoms with Gasteiger partial charge >= 0.3 is 0 Å². The van der Waals surface area contributed by atoms with E-state index >= 15 is 0 Å². The van der Waals surface area contributed by atoms with Gasteiger partial charge in [0.05, 0.1) is 6.61 Å². The topological polar surface area (TPSA) is 110 Å². The molecule has 0 bridgehead atoms. The summed E-state index contributed by atoms with van der Waals surface area (Å²) in [6, 6.07) is 0. The Kier molecular flexibility index (Phi) is 2.15. The number of aliphatic hydroxyl groups is 5. The minimum Gasteiger partial charge on any atom is -0.394 e. The summed E-state index contributed by atoms with van der Waals surface area (Å²) in [7, 11) is 0. The second-order valence-electron chi connectivity index (χ2n) is 2.44. The molecule has 66 valence electrons. The molecule has 0 spiro atoms. The van der Waals surface area contributed by atoms with Gasteiger partial charge in [0.25, 0.3) is 0 Å². The van der Waals surface area contributed by atoms with Crippen LogP contribution >= 0.6 is 0 Å². The summed E-state index contributed by atoms with van der Waals surface area (Å²) in [6.07, 6.45) is -4.72. The van der Waals surface area contributed by atoms with E-state index in [2.05, 4.69) is 4.74 Å². The zero-order valence-corrected chi connectivity index (χ0v) is 5.58. The third kappa shape index (κ3) is 1.24. The van der Waals surface area contributed by atoms with Crippen LogP contribution in [0.25, 0.3) is 0 Å². The molecule has 6 nitrogen and oxygen atoms in total. The fourth-order valence-corrected chi connectivity index (χ4v) is 0.903. The van der Waals surface area contributed by atoms with Gasteiger partial charge in [0.1, 0.15) is 12.2 Å². The van der Waals surface area contributed by atoms with Gasteiger partial charge in [-0.05, 0) is 0 Å². The maximum absolute atomic E-state index is 8.94. The van der Waals surface area contributed by atoms with E-state index in [0.29, 0.717) is 0 Å². The van der Waals surface area contributed by atoms with Crippen LogP contribution in [0.3, 0.4) is 0 Å². The Morgan fingerprint density at radius 1 is 1.27 bits per heavy atom. The monoisotopic (exact) mass is 166 g/mol. The van der Waals surface area contributed by atoms with Crippen LogP contribution in [0.5, 0.6) is 0 Å². The predicted octanol–water partition coefficient (Wildman–Crippen LogP) is -3.26. The van der Waals surface area contributed by atoms with Crippen LogP contribution in [0.2, 0.25) is 0 Å². The van der Waals surface area contributed by atoms with E-state index in [-0.39, 0.29) is 0 Å². The van der Waals surface area contributed by atoms with Crippen molar-refractivity contribution in [3.63, 3.8) is 0 Å². The van der Waals surface area contributed by atoms with Crippen molar-refractivity contribution < 1.29 is 30.3 Å². The molecule has 1 fully saturated rings. The predicted molar refractivity (Wildman–Crippen MR) is 31.1 cm³/mol. The summed E-state index contributed by atoms with van der Waals surface area (Å²) in [5, 5.41) is 43.9. The van der Waals surface area contributed by atoms with Crippen LogP contribution in [0.15, 0.2) is 0 Å². The minimum absolute atomic E-state index is 0.582. The number of rotatable bonds is 1. The Morgan fingerprint density at radius 2 is 1.82 bits per heavy atom. The molecule has 1 rings (SSSR count). The van der Waals surface area contributed by atoms with E-state index < -0.39 is 30.9 Å². The van der Waals surface area contributed by atoms with Crippen molar-refractivity contribution in [2.24, 2.45) is 0 Å². The van der Waals surface area contributed by atoms with Gasteiger partial charge in [-0.3, -0.25) is 0 Å². The molecule has 0 aliphatic carbocycles. The van der Waals surface area contributed by atoms with Crippen molar-refractivity contribution in [1.82, 2.24) is 0 Å². The van der Waals surface area contributed by atoms with Gasteiger partial charge in [-0.25, -0.2) is 0 Å².